The van der Waals surface area contributed by atoms with Gasteiger partial charge in [0.05, 0.1) is 32.8 Å². The Labute approximate surface area is 238 Å². The van der Waals surface area contributed by atoms with E-state index < -0.39 is 17.3 Å². The van der Waals surface area contributed by atoms with Crippen LogP contribution in [0, 0.1) is 0 Å². The van der Waals surface area contributed by atoms with Gasteiger partial charge < -0.3 is 14.2 Å². The molecule has 208 valence electrons. The number of rotatable bonds is 9. The Morgan fingerprint density at radius 1 is 0.951 bits per heavy atom. The third-order valence-electron chi connectivity index (χ3n) is 6.13. The average Bonchev–Trinajstić information content (AvgIpc) is 3.55. The highest BCUT2D eigenvalue weighted by Gasteiger charge is 2.35. The Bertz CT molecular complexity index is 1710. The molecule has 0 aliphatic carbocycles. The SMILES string of the molecule is COc1cc(OC)c(OC)cc1/C=C1/N=C(SCC(=O)c2c(=O)o[nH][n+]2-c2ccccc2)N(c2ccccc2)C1=O. The number of aliphatic imine (C=N–C) groups is 1. The molecule has 0 atom stereocenters. The van der Waals surface area contributed by atoms with Crippen molar-refractivity contribution in [2.24, 2.45) is 4.99 Å². The molecule has 0 saturated heterocycles. The number of amides is 1. The van der Waals surface area contributed by atoms with E-state index >= 15 is 0 Å². The number of aromatic amines is 1. The number of nitrogens with one attached hydrogen (secondary N) is 1. The summed E-state index contributed by atoms with van der Waals surface area (Å²) >= 11 is 1.03. The van der Waals surface area contributed by atoms with Crippen molar-refractivity contribution >= 4 is 40.4 Å². The monoisotopic (exact) mass is 573 g/mol. The largest absolute Gasteiger partial charge is 0.496 e. The zero-order valence-corrected chi connectivity index (χ0v) is 23.1. The number of H-pyrrole nitrogens is 1. The molecule has 0 unspecified atom stereocenters. The fourth-order valence-corrected chi connectivity index (χ4v) is 5.06. The molecule has 0 radical (unpaired) electrons. The second kappa shape index (κ2) is 12.0. The van der Waals surface area contributed by atoms with Crippen LogP contribution in [0.3, 0.4) is 0 Å². The number of anilines is 1. The molecule has 12 heteroatoms. The van der Waals surface area contributed by atoms with Crippen LogP contribution in [0.5, 0.6) is 17.2 Å². The van der Waals surface area contributed by atoms with Gasteiger partial charge in [-0.1, -0.05) is 48.2 Å². The van der Waals surface area contributed by atoms with Gasteiger partial charge in [0.25, 0.3) is 5.91 Å². The fourth-order valence-electron chi connectivity index (χ4n) is 4.18. The first-order valence-electron chi connectivity index (χ1n) is 12.3. The topological polar surface area (TPSA) is 127 Å². The van der Waals surface area contributed by atoms with Crippen LogP contribution in [0.25, 0.3) is 11.8 Å². The van der Waals surface area contributed by atoms with Crippen molar-refractivity contribution in [3.63, 3.8) is 0 Å². The van der Waals surface area contributed by atoms with Gasteiger partial charge in [-0.3, -0.25) is 19.0 Å². The molecule has 1 aliphatic rings. The standard InChI is InChI=1S/C29H24N4O7S/c1-37-23-16-25(39-3)24(38-2)15-18(23)14-21-27(35)32(19-10-6-4-7-11-19)29(30-21)41-17-22(34)26-28(36)40-31-33(26)20-12-8-5-9-13-20/h4-16H,17H2,1-3H3/p+1/b21-14+. The highest BCUT2D eigenvalue weighted by atomic mass is 32.2. The maximum absolute atomic E-state index is 13.6. The number of ether oxygens (including phenoxy) is 3. The van der Waals surface area contributed by atoms with E-state index in [9.17, 15) is 14.4 Å². The molecule has 5 rings (SSSR count). The van der Waals surface area contributed by atoms with Crippen LogP contribution in [0.2, 0.25) is 0 Å². The second-order valence-electron chi connectivity index (χ2n) is 8.56. The van der Waals surface area contributed by atoms with Crippen LogP contribution in [0.15, 0.2) is 92.8 Å². The third-order valence-corrected chi connectivity index (χ3v) is 7.07. The predicted octanol–water partition coefficient (Wildman–Crippen LogP) is 3.63. The van der Waals surface area contributed by atoms with Gasteiger partial charge >= 0.3 is 11.3 Å². The van der Waals surface area contributed by atoms with Crippen LogP contribution in [0.4, 0.5) is 5.69 Å². The van der Waals surface area contributed by atoms with E-state index in [-0.39, 0.29) is 22.3 Å². The Morgan fingerprint density at radius 2 is 1.59 bits per heavy atom. The number of ketones is 1. The van der Waals surface area contributed by atoms with Crippen LogP contribution in [0.1, 0.15) is 16.1 Å². The lowest BCUT2D eigenvalue weighted by Crippen LogP contribution is -2.41. The van der Waals surface area contributed by atoms with Crippen LogP contribution >= 0.6 is 11.8 Å². The Balaban J connectivity index is 1.49. The Kier molecular flexibility index (Phi) is 8.01. The van der Waals surface area contributed by atoms with Crippen LogP contribution in [-0.2, 0) is 4.79 Å². The number of para-hydroxylation sites is 2. The Morgan fingerprint density at radius 3 is 2.24 bits per heavy atom. The zero-order valence-electron chi connectivity index (χ0n) is 22.3. The number of hydrogen-bond acceptors (Lipinski definition) is 9. The molecule has 0 fully saturated rings. The predicted molar refractivity (Wildman–Crippen MR) is 153 cm³/mol. The van der Waals surface area contributed by atoms with Gasteiger partial charge in [-0.25, -0.2) is 9.79 Å². The minimum absolute atomic E-state index is 0.120. The summed E-state index contributed by atoms with van der Waals surface area (Å²) in [6, 6.07) is 21.1. The number of thioether (sulfide) groups is 1. The molecule has 1 aliphatic heterocycles. The maximum Gasteiger partial charge on any atom is 0.438 e. The molecular weight excluding hydrogens is 548 g/mol. The molecule has 0 spiro atoms. The van der Waals surface area contributed by atoms with Crippen molar-refractivity contribution < 1.29 is 33.0 Å². The Hall–Kier alpha value is -5.10. The molecule has 1 N–H and O–H groups in total. The normalized spacial score (nSPS) is 13.8. The van der Waals surface area contributed by atoms with Crippen molar-refractivity contribution in [1.82, 2.24) is 5.27 Å². The summed E-state index contributed by atoms with van der Waals surface area (Å²) in [5, 5.41) is 2.74. The van der Waals surface area contributed by atoms with E-state index in [4.69, 9.17) is 18.7 Å². The second-order valence-corrected chi connectivity index (χ2v) is 9.50. The molecule has 41 heavy (non-hydrogen) atoms. The summed E-state index contributed by atoms with van der Waals surface area (Å²) in [6.07, 6.45) is 1.58. The first kappa shape index (κ1) is 27.5. The van der Waals surface area contributed by atoms with E-state index in [1.165, 1.54) is 30.9 Å². The van der Waals surface area contributed by atoms with Crippen LogP contribution in [-0.4, -0.2) is 49.2 Å². The summed E-state index contributed by atoms with van der Waals surface area (Å²) < 4.78 is 22.5. The van der Waals surface area contributed by atoms with Crippen LogP contribution < -0.4 is 29.4 Å². The van der Waals surface area contributed by atoms with Gasteiger partial charge in [0, 0.05) is 23.8 Å². The number of carbonyl (C=O) groups is 2. The molecular formula is C29H25N4O7S+. The number of Topliss-reactive ketones (excluding diaryl/α,β-unsaturated/α-hetero) is 1. The van der Waals surface area contributed by atoms with E-state index in [0.29, 0.717) is 34.2 Å². The van der Waals surface area contributed by atoms with Gasteiger partial charge in [0.1, 0.15) is 11.4 Å². The molecule has 1 aromatic heterocycles. The molecule has 0 bridgehead atoms. The molecule has 4 aromatic rings. The first-order valence-corrected chi connectivity index (χ1v) is 13.3. The molecule has 11 nitrogen and oxygen atoms in total. The van der Waals surface area contributed by atoms with Crippen molar-refractivity contribution in [3.8, 4) is 22.9 Å². The van der Waals surface area contributed by atoms with Crippen molar-refractivity contribution in [2.45, 2.75) is 0 Å². The number of aromatic nitrogens is 2. The quantitative estimate of drug-likeness (QED) is 0.183. The maximum atomic E-state index is 13.6. The minimum atomic E-state index is -0.801. The van der Waals surface area contributed by atoms with E-state index in [1.807, 2.05) is 12.1 Å². The summed E-state index contributed by atoms with van der Waals surface area (Å²) in [5.41, 5.74) is 0.811. The summed E-state index contributed by atoms with van der Waals surface area (Å²) in [6.45, 7) is 0. The minimum Gasteiger partial charge on any atom is -0.496 e. The van der Waals surface area contributed by atoms with Gasteiger partial charge in [-0.2, -0.15) is 0 Å². The number of methoxy groups -OCH3 is 3. The van der Waals surface area contributed by atoms with E-state index in [0.717, 1.165) is 11.8 Å². The third kappa shape index (κ3) is 5.50. The smallest absolute Gasteiger partial charge is 0.438 e. The van der Waals surface area contributed by atoms with Crippen molar-refractivity contribution in [2.75, 3.05) is 32.0 Å². The number of carbonyl (C=O) groups excluding carboxylic acids is 2. The summed E-state index contributed by atoms with van der Waals surface area (Å²) in [7, 11) is 4.53. The van der Waals surface area contributed by atoms with E-state index in [2.05, 4.69) is 10.3 Å². The van der Waals surface area contributed by atoms with Gasteiger partial charge in [0.15, 0.2) is 16.7 Å². The van der Waals surface area contributed by atoms with Gasteiger partial charge in [-0.05, 0) is 34.2 Å². The zero-order chi connectivity index (χ0) is 28.9. The van der Waals surface area contributed by atoms with E-state index in [1.54, 1.807) is 66.7 Å². The summed E-state index contributed by atoms with van der Waals surface area (Å²) in [4.78, 5) is 45.3. The first-order chi connectivity index (χ1) is 19.9. The highest BCUT2D eigenvalue weighted by Crippen LogP contribution is 2.37. The highest BCUT2D eigenvalue weighted by molar-refractivity contribution is 8.14. The average molecular weight is 574 g/mol. The van der Waals surface area contributed by atoms with Gasteiger partial charge in [-0.15, -0.1) is 0 Å². The number of amidine groups is 1. The van der Waals surface area contributed by atoms with Crippen molar-refractivity contribution in [3.05, 3.63) is 100 Å². The lowest BCUT2D eigenvalue weighted by Gasteiger charge is -2.17. The van der Waals surface area contributed by atoms with Crippen molar-refractivity contribution in [1.29, 1.82) is 0 Å². The molecule has 1 amide bonds. The molecule has 3 aromatic carbocycles. The molecule has 2 heterocycles. The summed E-state index contributed by atoms with van der Waals surface area (Å²) in [5.74, 6) is 0.282. The number of benzene rings is 3. The fraction of sp³-hybridized carbons (Fsp3) is 0.138. The lowest BCUT2D eigenvalue weighted by atomic mass is 10.1. The molecule has 0 saturated carbocycles. The van der Waals surface area contributed by atoms with Gasteiger partial charge in [0.2, 0.25) is 11.5 Å². The lowest BCUT2D eigenvalue weighted by molar-refractivity contribution is -0.672. The number of hydrogen-bond donors (Lipinski definition) is 1. The number of nitrogens with zero attached hydrogens (tertiary/aromatic N) is 3.